The van der Waals surface area contributed by atoms with Crippen LogP contribution in [0.15, 0.2) is 67.0 Å². The minimum atomic E-state index is -0.257. The van der Waals surface area contributed by atoms with Crippen LogP contribution >= 0.6 is 12.2 Å². The number of morpholine rings is 1. The average molecular weight is 452 g/mol. The minimum absolute atomic E-state index is 0.118. The Labute approximate surface area is 192 Å². The van der Waals surface area contributed by atoms with Gasteiger partial charge < -0.3 is 19.5 Å². The quantitative estimate of drug-likeness (QED) is 0.581. The highest BCUT2D eigenvalue weighted by molar-refractivity contribution is 7.80. The molecule has 0 amide bonds. The fourth-order valence-corrected chi connectivity index (χ4v) is 4.88. The lowest BCUT2D eigenvalue weighted by Crippen LogP contribution is -2.42. The summed E-state index contributed by atoms with van der Waals surface area (Å²) < 4.78 is 22.1. The van der Waals surface area contributed by atoms with E-state index in [1.807, 2.05) is 47.2 Å². The number of aromatic nitrogens is 2. The van der Waals surface area contributed by atoms with Crippen molar-refractivity contribution in [1.82, 2.24) is 24.7 Å². The number of hydrogen-bond donors (Lipinski definition) is 1. The molecule has 0 spiro atoms. The van der Waals surface area contributed by atoms with Crippen molar-refractivity contribution in [2.45, 2.75) is 12.1 Å². The lowest BCUT2D eigenvalue weighted by molar-refractivity contribution is 0.0349. The molecule has 166 valence electrons. The molecule has 32 heavy (non-hydrogen) atoms. The van der Waals surface area contributed by atoms with Gasteiger partial charge in [-0.25, -0.2) is 4.39 Å². The van der Waals surface area contributed by atoms with Crippen LogP contribution in [0.25, 0.3) is 5.69 Å². The molecule has 0 saturated carbocycles. The SMILES string of the molecule is Fc1ccccc1-n1cccc1[C@H]1[C@@H](c2ccccn2)NC(=S)N1CCN1CCOCC1. The van der Waals surface area contributed by atoms with Crippen LogP contribution in [0, 0.1) is 5.82 Å². The third-order valence-corrected chi connectivity index (χ3v) is 6.51. The number of thiocarbonyl (C=S) groups is 1. The van der Waals surface area contributed by atoms with Gasteiger partial charge in [0.05, 0.1) is 36.7 Å². The van der Waals surface area contributed by atoms with E-state index < -0.39 is 0 Å². The van der Waals surface area contributed by atoms with Gasteiger partial charge in [0.25, 0.3) is 0 Å². The Kier molecular flexibility index (Phi) is 6.16. The predicted octanol–water partition coefficient (Wildman–Crippen LogP) is 3.32. The molecule has 2 saturated heterocycles. The minimum Gasteiger partial charge on any atom is -0.379 e. The molecule has 6 nitrogen and oxygen atoms in total. The van der Waals surface area contributed by atoms with Gasteiger partial charge >= 0.3 is 0 Å². The first kappa shape index (κ1) is 21.1. The lowest BCUT2D eigenvalue weighted by atomic mass is 10.0. The maximum atomic E-state index is 14.7. The number of benzene rings is 1. The Morgan fingerprint density at radius 3 is 2.62 bits per heavy atom. The van der Waals surface area contributed by atoms with Crippen molar-refractivity contribution in [2.75, 3.05) is 39.4 Å². The molecule has 2 fully saturated rings. The van der Waals surface area contributed by atoms with Crippen molar-refractivity contribution >= 4 is 17.3 Å². The summed E-state index contributed by atoms with van der Waals surface area (Å²) in [6.07, 6.45) is 3.70. The topological polar surface area (TPSA) is 45.6 Å². The van der Waals surface area contributed by atoms with E-state index in [0.717, 1.165) is 50.8 Å². The molecular formula is C24H26FN5OS. The van der Waals surface area contributed by atoms with Crippen LogP contribution < -0.4 is 5.32 Å². The van der Waals surface area contributed by atoms with E-state index in [1.54, 1.807) is 18.3 Å². The Morgan fingerprint density at radius 1 is 1.03 bits per heavy atom. The number of nitrogens with zero attached hydrogens (tertiary/aromatic N) is 4. The fraction of sp³-hybridized carbons (Fsp3) is 0.333. The molecule has 0 bridgehead atoms. The fourth-order valence-electron chi connectivity index (χ4n) is 4.54. The van der Waals surface area contributed by atoms with E-state index in [-0.39, 0.29) is 17.9 Å². The molecular weight excluding hydrogens is 425 g/mol. The van der Waals surface area contributed by atoms with Gasteiger partial charge in [0.1, 0.15) is 5.82 Å². The average Bonchev–Trinajstić information content (AvgIpc) is 3.43. The van der Waals surface area contributed by atoms with E-state index in [4.69, 9.17) is 17.0 Å². The molecule has 2 aliphatic rings. The summed E-state index contributed by atoms with van der Waals surface area (Å²) in [4.78, 5) is 9.22. The smallest absolute Gasteiger partial charge is 0.170 e. The summed E-state index contributed by atoms with van der Waals surface area (Å²) >= 11 is 5.78. The van der Waals surface area contributed by atoms with Crippen molar-refractivity contribution in [3.05, 3.63) is 84.2 Å². The van der Waals surface area contributed by atoms with Crippen LogP contribution in [0.4, 0.5) is 4.39 Å². The third kappa shape index (κ3) is 4.13. The van der Waals surface area contributed by atoms with E-state index in [9.17, 15) is 4.39 Å². The van der Waals surface area contributed by atoms with Gasteiger partial charge in [0.15, 0.2) is 5.11 Å². The van der Waals surface area contributed by atoms with Crippen molar-refractivity contribution in [3.63, 3.8) is 0 Å². The molecule has 0 aliphatic carbocycles. The number of pyridine rings is 1. The van der Waals surface area contributed by atoms with Crippen LogP contribution in [-0.4, -0.2) is 63.9 Å². The summed E-state index contributed by atoms with van der Waals surface area (Å²) in [6, 6.07) is 16.5. The molecule has 0 radical (unpaired) electrons. The third-order valence-electron chi connectivity index (χ3n) is 6.15. The molecule has 2 atom stereocenters. The number of para-hydroxylation sites is 1. The molecule has 5 rings (SSSR count). The zero-order valence-corrected chi connectivity index (χ0v) is 18.5. The van der Waals surface area contributed by atoms with Crippen LogP contribution in [0.3, 0.4) is 0 Å². The van der Waals surface area contributed by atoms with Crippen molar-refractivity contribution in [3.8, 4) is 5.69 Å². The summed E-state index contributed by atoms with van der Waals surface area (Å²) in [6.45, 7) is 5.03. The zero-order valence-electron chi connectivity index (χ0n) is 17.7. The maximum Gasteiger partial charge on any atom is 0.170 e. The Bertz CT molecular complexity index is 1070. The maximum absolute atomic E-state index is 14.7. The van der Waals surface area contributed by atoms with Gasteiger partial charge in [-0.05, 0) is 48.6 Å². The molecule has 0 unspecified atom stereocenters. The molecule has 1 N–H and O–H groups in total. The molecule has 4 heterocycles. The number of ether oxygens (including phenoxy) is 1. The first-order valence-corrected chi connectivity index (χ1v) is 11.3. The van der Waals surface area contributed by atoms with Crippen LogP contribution in [0.1, 0.15) is 23.5 Å². The molecule has 1 aromatic carbocycles. The zero-order chi connectivity index (χ0) is 21.9. The largest absolute Gasteiger partial charge is 0.379 e. The Balaban J connectivity index is 1.51. The summed E-state index contributed by atoms with van der Waals surface area (Å²) in [5, 5.41) is 4.18. The molecule has 3 aromatic rings. The van der Waals surface area contributed by atoms with Crippen LogP contribution in [0.5, 0.6) is 0 Å². The van der Waals surface area contributed by atoms with E-state index >= 15 is 0 Å². The second kappa shape index (κ2) is 9.36. The van der Waals surface area contributed by atoms with Crippen LogP contribution in [0.2, 0.25) is 0 Å². The van der Waals surface area contributed by atoms with Gasteiger partial charge in [-0.1, -0.05) is 18.2 Å². The van der Waals surface area contributed by atoms with Gasteiger partial charge in [-0.3, -0.25) is 9.88 Å². The molecule has 8 heteroatoms. The Morgan fingerprint density at radius 2 is 1.84 bits per heavy atom. The standard InChI is InChI=1S/C24H26FN5OS/c25-18-6-1-2-8-20(18)29-11-5-9-21(29)23-22(19-7-3-4-10-26-19)27-24(32)30(23)13-12-28-14-16-31-17-15-28/h1-11,22-23H,12-17H2,(H,27,32)/t22-,23+/m1/s1. The number of hydrogen-bond acceptors (Lipinski definition) is 4. The first-order chi connectivity index (χ1) is 15.7. The van der Waals surface area contributed by atoms with E-state index in [2.05, 4.69) is 20.1 Å². The van der Waals surface area contributed by atoms with Crippen LogP contribution in [-0.2, 0) is 4.74 Å². The monoisotopic (exact) mass is 451 g/mol. The second-order valence-corrected chi connectivity index (χ2v) is 8.42. The van der Waals surface area contributed by atoms with Gasteiger partial charge in [0.2, 0.25) is 0 Å². The van der Waals surface area contributed by atoms with Gasteiger partial charge in [-0.15, -0.1) is 0 Å². The van der Waals surface area contributed by atoms with Gasteiger partial charge in [0, 0.05) is 44.3 Å². The lowest BCUT2D eigenvalue weighted by Gasteiger charge is -2.32. The first-order valence-electron chi connectivity index (χ1n) is 10.9. The molecule has 2 aliphatic heterocycles. The van der Waals surface area contributed by atoms with Crippen molar-refractivity contribution in [2.24, 2.45) is 0 Å². The Hall–Kier alpha value is -2.81. The molecule has 2 aromatic heterocycles. The summed E-state index contributed by atoms with van der Waals surface area (Å²) in [5.74, 6) is -0.257. The van der Waals surface area contributed by atoms with E-state index in [0.29, 0.717) is 10.8 Å². The highest BCUT2D eigenvalue weighted by Crippen LogP contribution is 2.39. The van der Waals surface area contributed by atoms with Crippen molar-refractivity contribution in [1.29, 1.82) is 0 Å². The van der Waals surface area contributed by atoms with Gasteiger partial charge in [-0.2, -0.15) is 0 Å². The van der Waals surface area contributed by atoms with Crippen molar-refractivity contribution < 1.29 is 9.13 Å². The van der Waals surface area contributed by atoms with E-state index in [1.165, 1.54) is 6.07 Å². The highest BCUT2D eigenvalue weighted by atomic mass is 32.1. The number of nitrogens with one attached hydrogen (secondary N) is 1. The second-order valence-electron chi connectivity index (χ2n) is 8.03. The summed E-state index contributed by atoms with van der Waals surface area (Å²) in [5.41, 5.74) is 2.41. The number of rotatable bonds is 6. The predicted molar refractivity (Wildman–Crippen MR) is 125 cm³/mol. The number of halogens is 1. The summed E-state index contributed by atoms with van der Waals surface area (Å²) in [7, 11) is 0. The highest BCUT2D eigenvalue weighted by Gasteiger charge is 2.41. The normalized spacial score (nSPS) is 21.7.